The van der Waals surface area contributed by atoms with Gasteiger partial charge in [-0.15, -0.1) is 0 Å². The molecule has 0 aliphatic heterocycles. The molecule has 0 aromatic heterocycles. The average Bonchev–Trinajstić information content (AvgIpc) is 2.14. The summed E-state index contributed by atoms with van der Waals surface area (Å²) in [4.78, 5) is 0. The van der Waals surface area contributed by atoms with E-state index in [1.807, 2.05) is 18.2 Å². The van der Waals surface area contributed by atoms with Crippen LogP contribution in [0.1, 0.15) is 19.8 Å². The first-order chi connectivity index (χ1) is 6.24. The van der Waals surface area contributed by atoms with E-state index in [0.29, 0.717) is 5.69 Å². The van der Waals surface area contributed by atoms with Crippen LogP contribution in [0.25, 0.3) is 0 Å². The van der Waals surface area contributed by atoms with Crippen LogP contribution < -0.4 is 11.0 Å². The normalized spacial score (nSPS) is 11.3. The zero-order valence-electron chi connectivity index (χ0n) is 7.86. The Balaban J connectivity index is 2.66. The summed E-state index contributed by atoms with van der Waals surface area (Å²) in [5.41, 5.74) is 6.29. The summed E-state index contributed by atoms with van der Waals surface area (Å²) in [6.07, 6.45) is 2.88. The van der Waals surface area contributed by atoms with Gasteiger partial charge >= 0.3 is 7.80 Å². The molecule has 0 aliphatic carbocycles. The van der Waals surface area contributed by atoms with E-state index in [1.165, 1.54) is 0 Å². The monoisotopic (exact) mass is 196 g/mol. The highest BCUT2D eigenvalue weighted by molar-refractivity contribution is 7.53. The highest BCUT2D eigenvalue weighted by atomic mass is 31.1. The van der Waals surface area contributed by atoms with Crippen LogP contribution in [-0.4, -0.2) is 6.16 Å². The maximum absolute atomic E-state index is 11.6. The highest BCUT2D eigenvalue weighted by Gasteiger charge is 2.17. The Labute approximate surface area is 79.9 Å². The third-order valence-electron chi connectivity index (χ3n) is 1.87. The summed E-state index contributed by atoms with van der Waals surface area (Å²) in [5, 5.41) is 0.878. The molecule has 70 valence electrons. The molecule has 13 heavy (non-hydrogen) atoms. The van der Waals surface area contributed by atoms with Crippen molar-refractivity contribution in [3.8, 4) is 0 Å². The number of hydrogen-bond donors (Lipinski definition) is 1. The van der Waals surface area contributed by atoms with Crippen molar-refractivity contribution in [1.82, 2.24) is 0 Å². The Bertz CT molecular complexity index is 299. The molecule has 3 heteroatoms. The molecule has 1 rings (SSSR count). The predicted molar refractivity (Wildman–Crippen MR) is 57.9 cm³/mol. The minimum atomic E-state index is -1.23. The molecule has 0 saturated carbocycles. The maximum Gasteiger partial charge on any atom is 0.376 e. The molecule has 0 saturated heterocycles. The van der Waals surface area contributed by atoms with Gasteiger partial charge in [-0.2, -0.15) is 0 Å². The van der Waals surface area contributed by atoms with Crippen LogP contribution in [0.5, 0.6) is 0 Å². The van der Waals surface area contributed by atoms with Crippen molar-refractivity contribution in [1.29, 1.82) is 0 Å². The molecule has 1 atom stereocenters. The summed E-state index contributed by atoms with van der Waals surface area (Å²) in [6.45, 7) is 2.10. The molecule has 0 bridgehead atoms. The standard InChI is InChI=1S/C10H15NOP/c1-2-3-7-13(12)10-6-4-5-9(11)8-10/h4-6,8H,2-3,7,11H2,1H3/q+1. The van der Waals surface area contributed by atoms with E-state index in [4.69, 9.17) is 5.73 Å². The second-order valence-electron chi connectivity index (χ2n) is 3.05. The van der Waals surface area contributed by atoms with Crippen LogP contribution in [-0.2, 0) is 4.57 Å². The van der Waals surface area contributed by atoms with Crippen molar-refractivity contribution in [2.45, 2.75) is 19.8 Å². The Morgan fingerprint density at radius 1 is 1.46 bits per heavy atom. The lowest BCUT2D eigenvalue weighted by Gasteiger charge is -1.91. The number of hydrogen-bond acceptors (Lipinski definition) is 2. The van der Waals surface area contributed by atoms with E-state index in [-0.39, 0.29) is 0 Å². The van der Waals surface area contributed by atoms with Gasteiger partial charge in [-0.1, -0.05) is 24.0 Å². The van der Waals surface area contributed by atoms with Crippen LogP contribution in [0, 0.1) is 0 Å². The zero-order valence-corrected chi connectivity index (χ0v) is 8.76. The van der Waals surface area contributed by atoms with Gasteiger partial charge in [0.05, 0.1) is 0 Å². The van der Waals surface area contributed by atoms with Gasteiger partial charge in [0, 0.05) is 11.8 Å². The summed E-state index contributed by atoms with van der Waals surface area (Å²) < 4.78 is 11.6. The van der Waals surface area contributed by atoms with Crippen molar-refractivity contribution in [3.05, 3.63) is 24.3 Å². The average molecular weight is 196 g/mol. The Hall–Kier alpha value is -0.880. The topological polar surface area (TPSA) is 43.1 Å². The molecular weight excluding hydrogens is 181 g/mol. The van der Waals surface area contributed by atoms with E-state index in [1.54, 1.807) is 6.07 Å². The fraction of sp³-hybridized carbons (Fsp3) is 0.400. The smallest absolute Gasteiger partial charge is 0.376 e. The molecule has 1 aromatic carbocycles. The molecule has 1 unspecified atom stereocenters. The molecule has 1 aromatic rings. The van der Waals surface area contributed by atoms with Gasteiger partial charge in [0.25, 0.3) is 0 Å². The summed E-state index contributed by atoms with van der Waals surface area (Å²) >= 11 is 0. The molecular formula is C10H15NOP+. The van der Waals surface area contributed by atoms with Gasteiger partial charge in [-0.3, -0.25) is 0 Å². The van der Waals surface area contributed by atoms with Gasteiger partial charge in [0.2, 0.25) is 0 Å². The minimum absolute atomic E-state index is 0.692. The SMILES string of the molecule is CCCC[P+](=O)c1cccc(N)c1. The second kappa shape index (κ2) is 4.98. The number of benzene rings is 1. The Kier molecular flexibility index (Phi) is 3.91. The van der Waals surface area contributed by atoms with E-state index in [2.05, 4.69) is 6.92 Å². The number of anilines is 1. The van der Waals surface area contributed by atoms with Gasteiger partial charge in [-0.05, 0) is 18.6 Å². The van der Waals surface area contributed by atoms with E-state index >= 15 is 0 Å². The molecule has 0 aliphatic rings. The maximum atomic E-state index is 11.6. The third-order valence-corrected chi connectivity index (χ3v) is 3.45. The van der Waals surface area contributed by atoms with Gasteiger partial charge in [0.15, 0.2) is 11.5 Å². The minimum Gasteiger partial charge on any atom is -0.399 e. The van der Waals surface area contributed by atoms with Gasteiger partial charge in [-0.25, -0.2) is 0 Å². The molecule has 0 fully saturated rings. The summed E-state index contributed by atoms with van der Waals surface area (Å²) in [5.74, 6) is 0. The van der Waals surface area contributed by atoms with Crippen LogP contribution in [0.15, 0.2) is 24.3 Å². The first-order valence-electron chi connectivity index (χ1n) is 4.54. The van der Waals surface area contributed by atoms with Gasteiger partial charge < -0.3 is 5.73 Å². The number of unbranched alkanes of at least 4 members (excludes halogenated alkanes) is 1. The number of rotatable bonds is 4. The van der Waals surface area contributed by atoms with E-state index < -0.39 is 7.80 Å². The largest absolute Gasteiger partial charge is 0.399 e. The van der Waals surface area contributed by atoms with Crippen molar-refractivity contribution in [2.75, 3.05) is 11.9 Å². The summed E-state index contributed by atoms with van der Waals surface area (Å²) in [7, 11) is -1.23. The molecule has 0 heterocycles. The van der Waals surface area contributed by atoms with Crippen LogP contribution in [0.3, 0.4) is 0 Å². The van der Waals surface area contributed by atoms with Crippen molar-refractivity contribution < 1.29 is 4.57 Å². The lowest BCUT2D eigenvalue weighted by atomic mass is 10.3. The van der Waals surface area contributed by atoms with E-state index in [9.17, 15) is 4.57 Å². The second-order valence-corrected chi connectivity index (χ2v) is 4.77. The first kappa shape index (κ1) is 10.2. The van der Waals surface area contributed by atoms with Crippen molar-refractivity contribution in [2.24, 2.45) is 0 Å². The summed E-state index contributed by atoms with van der Waals surface area (Å²) in [6, 6.07) is 7.34. The number of nitrogens with two attached hydrogens (primary N) is 1. The first-order valence-corrected chi connectivity index (χ1v) is 5.98. The Morgan fingerprint density at radius 3 is 2.85 bits per heavy atom. The zero-order chi connectivity index (χ0) is 9.68. The van der Waals surface area contributed by atoms with Crippen LogP contribution in [0.4, 0.5) is 5.69 Å². The molecule has 2 nitrogen and oxygen atoms in total. The third kappa shape index (κ3) is 3.16. The molecule has 0 radical (unpaired) electrons. The fourth-order valence-corrected chi connectivity index (χ4v) is 2.52. The quantitative estimate of drug-likeness (QED) is 0.594. The Morgan fingerprint density at radius 2 is 2.23 bits per heavy atom. The van der Waals surface area contributed by atoms with Crippen molar-refractivity contribution in [3.63, 3.8) is 0 Å². The van der Waals surface area contributed by atoms with Crippen molar-refractivity contribution >= 4 is 18.8 Å². The lowest BCUT2D eigenvalue weighted by Crippen LogP contribution is -1.99. The number of nitrogen functional groups attached to an aromatic ring is 1. The lowest BCUT2D eigenvalue weighted by molar-refractivity contribution is 0.591. The fourth-order valence-electron chi connectivity index (χ4n) is 1.11. The predicted octanol–water partition coefficient (Wildman–Crippen LogP) is 2.52. The van der Waals surface area contributed by atoms with Gasteiger partial charge in [0.1, 0.15) is 0 Å². The van der Waals surface area contributed by atoms with Crippen LogP contribution >= 0.6 is 7.80 Å². The molecule has 0 amide bonds. The molecule has 2 N–H and O–H groups in total. The highest BCUT2D eigenvalue weighted by Crippen LogP contribution is 2.22. The van der Waals surface area contributed by atoms with E-state index in [0.717, 1.165) is 24.3 Å². The molecule has 0 spiro atoms. The van der Waals surface area contributed by atoms with Crippen LogP contribution in [0.2, 0.25) is 0 Å².